The lowest BCUT2D eigenvalue weighted by Crippen LogP contribution is -2.41. The van der Waals surface area contributed by atoms with Crippen molar-refractivity contribution in [3.8, 4) is 0 Å². The van der Waals surface area contributed by atoms with E-state index in [0.717, 1.165) is 23.4 Å². The third-order valence-corrected chi connectivity index (χ3v) is 3.51. The molecular formula is C15H22ClIN4O. The second-order valence-electron chi connectivity index (χ2n) is 5.04. The number of amides is 1. The minimum absolute atomic E-state index is 0. The number of aliphatic imine (C=N–C) groups is 1. The number of nitrogens with zero attached hydrogens (tertiary/aromatic N) is 1. The molecule has 1 amide bonds. The van der Waals surface area contributed by atoms with Crippen LogP contribution in [0.3, 0.4) is 0 Å². The van der Waals surface area contributed by atoms with E-state index in [-0.39, 0.29) is 35.8 Å². The summed E-state index contributed by atoms with van der Waals surface area (Å²) in [6.45, 7) is 1.93. The van der Waals surface area contributed by atoms with Gasteiger partial charge in [-0.15, -0.1) is 24.0 Å². The number of guanidine groups is 1. The topological polar surface area (TPSA) is 65.5 Å². The first kappa shape index (κ1) is 19.0. The minimum Gasteiger partial charge on any atom is -0.355 e. The zero-order valence-corrected chi connectivity index (χ0v) is 15.7. The number of benzene rings is 1. The van der Waals surface area contributed by atoms with E-state index in [1.54, 1.807) is 7.05 Å². The van der Waals surface area contributed by atoms with Crippen LogP contribution < -0.4 is 16.0 Å². The molecule has 1 aromatic carbocycles. The van der Waals surface area contributed by atoms with Gasteiger partial charge in [-0.05, 0) is 30.5 Å². The highest BCUT2D eigenvalue weighted by molar-refractivity contribution is 14.0. The Morgan fingerprint density at radius 2 is 1.82 bits per heavy atom. The van der Waals surface area contributed by atoms with Gasteiger partial charge in [0.15, 0.2) is 5.96 Å². The van der Waals surface area contributed by atoms with Crippen LogP contribution in [0.1, 0.15) is 18.4 Å². The second-order valence-corrected chi connectivity index (χ2v) is 5.48. The summed E-state index contributed by atoms with van der Waals surface area (Å²) in [7, 11) is 1.72. The van der Waals surface area contributed by atoms with Crippen molar-refractivity contribution in [1.29, 1.82) is 0 Å². The van der Waals surface area contributed by atoms with E-state index in [1.165, 1.54) is 0 Å². The lowest BCUT2D eigenvalue weighted by atomic mass is 10.2. The molecule has 0 aromatic heterocycles. The Kier molecular flexibility index (Phi) is 8.55. The van der Waals surface area contributed by atoms with E-state index >= 15 is 0 Å². The van der Waals surface area contributed by atoms with Crippen LogP contribution in [0.25, 0.3) is 0 Å². The summed E-state index contributed by atoms with van der Waals surface area (Å²) in [6.07, 6.45) is 2.06. The molecule has 0 spiro atoms. The third-order valence-electron chi connectivity index (χ3n) is 3.26. The molecule has 0 aliphatic heterocycles. The Bertz CT molecular complexity index is 503. The lowest BCUT2D eigenvalue weighted by molar-refractivity contribution is -0.122. The highest BCUT2D eigenvalue weighted by atomic mass is 127. The number of carbonyl (C=O) groups is 1. The zero-order chi connectivity index (χ0) is 15.1. The molecule has 0 radical (unpaired) electrons. The largest absolute Gasteiger partial charge is 0.355 e. The zero-order valence-electron chi connectivity index (χ0n) is 12.6. The van der Waals surface area contributed by atoms with Crippen LogP contribution in [0.4, 0.5) is 0 Å². The molecule has 1 fully saturated rings. The molecule has 0 saturated heterocycles. The van der Waals surface area contributed by atoms with Gasteiger partial charge in [-0.25, -0.2) is 0 Å². The third kappa shape index (κ3) is 6.83. The predicted octanol–water partition coefficient (Wildman–Crippen LogP) is 2.15. The Balaban J connectivity index is 0.00000242. The highest BCUT2D eigenvalue weighted by Crippen LogP contribution is 2.28. The maximum atomic E-state index is 11.5. The Morgan fingerprint density at radius 3 is 2.41 bits per heavy atom. The van der Waals surface area contributed by atoms with Crippen molar-refractivity contribution in [2.45, 2.75) is 19.4 Å². The van der Waals surface area contributed by atoms with E-state index in [9.17, 15) is 4.79 Å². The maximum Gasteiger partial charge on any atom is 0.223 e. The SMILES string of the molecule is CN=C(NCCNC(=O)C1CC1)NCc1ccc(Cl)cc1.I. The standard InChI is InChI=1S/C15H21ClN4O.HI/c1-17-15(19-9-8-18-14(21)12-4-5-12)20-10-11-2-6-13(16)7-3-11;/h2-3,6-7,12H,4-5,8-10H2,1H3,(H,18,21)(H2,17,19,20);1H. The Morgan fingerprint density at radius 1 is 1.18 bits per heavy atom. The van der Waals surface area contributed by atoms with Crippen LogP contribution in [-0.4, -0.2) is 32.0 Å². The molecule has 3 N–H and O–H groups in total. The first-order valence-electron chi connectivity index (χ1n) is 7.15. The summed E-state index contributed by atoms with van der Waals surface area (Å²) < 4.78 is 0. The molecule has 122 valence electrons. The maximum absolute atomic E-state index is 11.5. The van der Waals surface area contributed by atoms with Gasteiger partial charge in [-0.3, -0.25) is 9.79 Å². The van der Waals surface area contributed by atoms with Crippen molar-refractivity contribution < 1.29 is 4.79 Å². The first-order chi connectivity index (χ1) is 10.2. The van der Waals surface area contributed by atoms with Crippen molar-refractivity contribution in [1.82, 2.24) is 16.0 Å². The van der Waals surface area contributed by atoms with Crippen LogP contribution >= 0.6 is 35.6 Å². The fourth-order valence-electron chi connectivity index (χ4n) is 1.87. The minimum atomic E-state index is 0. The molecule has 0 unspecified atom stereocenters. The molecule has 22 heavy (non-hydrogen) atoms. The van der Waals surface area contributed by atoms with Crippen LogP contribution in [-0.2, 0) is 11.3 Å². The molecule has 2 rings (SSSR count). The number of carbonyl (C=O) groups excluding carboxylic acids is 1. The van der Waals surface area contributed by atoms with Gasteiger partial charge in [0.1, 0.15) is 0 Å². The smallest absolute Gasteiger partial charge is 0.223 e. The Labute approximate surface area is 153 Å². The van der Waals surface area contributed by atoms with Gasteiger partial charge < -0.3 is 16.0 Å². The van der Waals surface area contributed by atoms with E-state index in [4.69, 9.17) is 11.6 Å². The summed E-state index contributed by atoms with van der Waals surface area (Å²) in [5, 5.41) is 10.0. The summed E-state index contributed by atoms with van der Waals surface area (Å²) in [5.41, 5.74) is 1.13. The average molecular weight is 437 g/mol. The summed E-state index contributed by atoms with van der Waals surface area (Å²) in [5.74, 6) is 1.14. The second kappa shape index (κ2) is 9.89. The molecule has 5 nitrogen and oxygen atoms in total. The van der Waals surface area contributed by atoms with Crippen LogP contribution in [0, 0.1) is 5.92 Å². The molecule has 0 bridgehead atoms. The normalized spacial score (nSPS) is 14.0. The molecule has 1 aliphatic rings. The van der Waals surface area contributed by atoms with Crippen molar-refractivity contribution in [3.05, 3.63) is 34.9 Å². The first-order valence-corrected chi connectivity index (χ1v) is 7.53. The van der Waals surface area contributed by atoms with E-state index < -0.39 is 0 Å². The van der Waals surface area contributed by atoms with Gasteiger partial charge in [0.05, 0.1) is 0 Å². The van der Waals surface area contributed by atoms with Gasteiger partial charge in [-0.1, -0.05) is 23.7 Å². The van der Waals surface area contributed by atoms with Gasteiger partial charge in [0.25, 0.3) is 0 Å². The van der Waals surface area contributed by atoms with Gasteiger partial charge in [0.2, 0.25) is 5.91 Å². The molecule has 1 aliphatic carbocycles. The van der Waals surface area contributed by atoms with Gasteiger partial charge in [-0.2, -0.15) is 0 Å². The number of nitrogens with one attached hydrogen (secondary N) is 3. The molecule has 7 heteroatoms. The summed E-state index contributed by atoms with van der Waals surface area (Å²) in [4.78, 5) is 15.6. The molecular weight excluding hydrogens is 415 g/mol. The van der Waals surface area contributed by atoms with Gasteiger partial charge in [0, 0.05) is 37.6 Å². The quantitative estimate of drug-likeness (QED) is 0.277. The van der Waals surface area contributed by atoms with Crippen molar-refractivity contribution >= 4 is 47.4 Å². The number of rotatable bonds is 6. The molecule has 1 aromatic rings. The van der Waals surface area contributed by atoms with Crippen LogP contribution in [0.5, 0.6) is 0 Å². The van der Waals surface area contributed by atoms with E-state index in [0.29, 0.717) is 25.6 Å². The number of hydrogen-bond donors (Lipinski definition) is 3. The number of halogens is 2. The van der Waals surface area contributed by atoms with Crippen molar-refractivity contribution in [2.75, 3.05) is 20.1 Å². The van der Waals surface area contributed by atoms with Gasteiger partial charge >= 0.3 is 0 Å². The van der Waals surface area contributed by atoms with Crippen molar-refractivity contribution in [2.24, 2.45) is 10.9 Å². The molecule has 0 heterocycles. The number of hydrogen-bond acceptors (Lipinski definition) is 2. The predicted molar refractivity (Wildman–Crippen MR) is 101 cm³/mol. The Hall–Kier alpha value is -1.02. The molecule has 1 saturated carbocycles. The lowest BCUT2D eigenvalue weighted by Gasteiger charge is -2.12. The van der Waals surface area contributed by atoms with Crippen LogP contribution in [0.2, 0.25) is 5.02 Å². The molecule has 0 atom stereocenters. The summed E-state index contributed by atoms with van der Waals surface area (Å²) >= 11 is 5.85. The fraction of sp³-hybridized carbons (Fsp3) is 0.467. The van der Waals surface area contributed by atoms with E-state index in [2.05, 4.69) is 20.9 Å². The summed E-state index contributed by atoms with van der Waals surface area (Å²) in [6, 6.07) is 7.67. The average Bonchev–Trinajstić information content (AvgIpc) is 3.33. The highest BCUT2D eigenvalue weighted by Gasteiger charge is 2.28. The van der Waals surface area contributed by atoms with Crippen molar-refractivity contribution in [3.63, 3.8) is 0 Å². The monoisotopic (exact) mass is 436 g/mol. The fourth-order valence-corrected chi connectivity index (χ4v) is 1.99. The van der Waals surface area contributed by atoms with Crippen LogP contribution in [0.15, 0.2) is 29.3 Å². The van der Waals surface area contributed by atoms with E-state index in [1.807, 2.05) is 24.3 Å².